The maximum absolute atomic E-state index is 11.5. The summed E-state index contributed by atoms with van der Waals surface area (Å²) in [6.07, 6.45) is -0.626. The molecule has 18 heavy (non-hydrogen) atoms. The predicted molar refractivity (Wildman–Crippen MR) is 68.0 cm³/mol. The highest BCUT2D eigenvalue weighted by Gasteiger charge is 2.35. The molecule has 1 N–H and O–H groups in total. The van der Waals surface area contributed by atoms with Gasteiger partial charge < -0.3 is 10.1 Å². The summed E-state index contributed by atoms with van der Waals surface area (Å²) >= 11 is 0. The van der Waals surface area contributed by atoms with E-state index >= 15 is 0 Å². The number of hydrogen-bond donors (Lipinski definition) is 1. The fraction of sp³-hybridized carbons (Fsp3) is 0.133. The Labute approximate surface area is 105 Å². The Balaban J connectivity index is 1.96. The van der Waals surface area contributed by atoms with Crippen molar-refractivity contribution in [3.05, 3.63) is 71.8 Å². The Morgan fingerprint density at radius 2 is 1.39 bits per heavy atom. The molecule has 3 nitrogen and oxygen atoms in total. The molecule has 0 aliphatic carbocycles. The molecule has 1 fully saturated rings. The number of alkyl carbamates (subject to hydrolysis) is 1. The van der Waals surface area contributed by atoms with Crippen molar-refractivity contribution in [3.8, 4) is 0 Å². The molecule has 3 heteroatoms. The molecular weight excluding hydrogens is 226 g/mol. The zero-order valence-corrected chi connectivity index (χ0v) is 9.74. The third kappa shape index (κ3) is 1.95. The lowest BCUT2D eigenvalue weighted by molar-refractivity contribution is 0.132. The van der Waals surface area contributed by atoms with Crippen LogP contribution in [0.5, 0.6) is 0 Å². The van der Waals surface area contributed by atoms with E-state index in [-0.39, 0.29) is 18.2 Å². The van der Waals surface area contributed by atoms with Gasteiger partial charge in [-0.25, -0.2) is 4.79 Å². The summed E-state index contributed by atoms with van der Waals surface area (Å²) in [5, 5.41) is 2.86. The summed E-state index contributed by atoms with van der Waals surface area (Å²) in [6, 6.07) is 19.5. The quantitative estimate of drug-likeness (QED) is 0.873. The maximum Gasteiger partial charge on any atom is 0.408 e. The van der Waals surface area contributed by atoms with Crippen LogP contribution >= 0.6 is 0 Å². The molecule has 1 saturated heterocycles. The number of nitrogens with one attached hydrogen (secondary N) is 1. The first kappa shape index (κ1) is 10.8. The summed E-state index contributed by atoms with van der Waals surface area (Å²) < 4.78 is 5.36. The molecule has 0 bridgehead atoms. The van der Waals surface area contributed by atoms with Crippen LogP contribution in [-0.2, 0) is 4.74 Å². The zero-order chi connectivity index (χ0) is 12.4. The average Bonchev–Trinajstić information content (AvgIpc) is 2.83. The zero-order valence-electron chi connectivity index (χ0n) is 9.74. The summed E-state index contributed by atoms with van der Waals surface area (Å²) in [5.74, 6) is 0. The van der Waals surface area contributed by atoms with E-state index < -0.39 is 0 Å². The average molecular weight is 239 g/mol. The molecule has 2 atom stereocenters. The lowest BCUT2D eigenvalue weighted by Gasteiger charge is -2.17. The van der Waals surface area contributed by atoms with E-state index in [2.05, 4.69) is 5.32 Å². The van der Waals surface area contributed by atoms with Crippen molar-refractivity contribution < 1.29 is 9.53 Å². The number of benzene rings is 2. The molecule has 0 aromatic heterocycles. The van der Waals surface area contributed by atoms with E-state index in [1.54, 1.807) is 0 Å². The number of hydrogen-bond acceptors (Lipinski definition) is 2. The molecule has 90 valence electrons. The van der Waals surface area contributed by atoms with Gasteiger partial charge in [-0.15, -0.1) is 0 Å². The number of carbonyl (C=O) groups excluding carboxylic acids is 1. The Hall–Kier alpha value is -2.29. The van der Waals surface area contributed by atoms with Crippen molar-refractivity contribution in [1.29, 1.82) is 0 Å². The number of rotatable bonds is 2. The molecule has 1 heterocycles. The van der Waals surface area contributed by atoms with Crippen molar-refractivity contribution in [2.75, 3.05) is 0 Å². The lowest BCUT2D eigenvalue weighted by atomic mass is 9.97. The number of amides is 1. The van der Waals surface area contributed by atoms with Crippen molar-refractivity contribution in [1.82, 2.24) is 5.32 Å². The van der Waals surface area contributed by atoms with Crippen molar-refractivity contribution in [2.45, 2.75) is 12.1 Å². The van der Waals surface area contributed by atoms with Gasteiger partial charge in [-0.3, -0.25) is 0 Å². The largest absolute Gasteiger partial charge is 0.439 e. The number of ether oxygens (including phenoxy) is 1. The van der Waals surface area contributed by atoms with Gasteiger partial charge in [0.15, 0.2) is 6.10 Å². The second-order valence-electron chi connectivity index (χ2n) is 4.27. The summed E-state index contributed by atoms with van der Waals surface area (Å²) in [7, 11) is 0. The first-order chi connectivity index (χ1) is 8.84. The van der Waals surface area contributed by atoms with Crippen LogP contribution in [0.4, 0.5) is 4.79 Å². The second kappa shape index (κ2) is 4.53. The Kier molecular flexibility index (Phi) is 2.73. The summed E-state index contributed by atoms with van der Waals surface area (Å²) in [4.78, 5) is 11.5. The van der Waals surface area contributed by atoms with Crippen molar-refractivity contribution in [2.24, 2.45) is 0 Å². The van der Waals surface area contributed by atoms with Gasteiger partial charge in [-0.05, 0) is 11.1 Å². The number of carbonyl (C=O) groups is 1. The molecular formula is C15H13NO2. The Bertz CT molecular complexity index is 489. The lowest BCUT2D eigenvalue weighted by Crippen LogP contribution is -2.19. The van der Waals surface area contributed by atoms with Gasteiger partial charge in [0, 0.05) is 0 Å². The molecule has 0 unspecified atom stereocenters. The Morgan fingerprint density at radius 3 is 2.00 bits per heavy atom. The monoisotopic (exact) mass is 239 g/mol. The standard InChI is InChI=1S/C15H13NO2/c17-15-16-13(11-7-3-1-4-8-11)14(18-15)12-9-5-2-6-10-12/h1-10,13-14H,(H,16,17)/t13-,14-/m0/s1. The first-order valence-corrected chi connectivity index (χ1v) is 5.91. The van der Waals surface area contributed by atoms with Crippen LogP contribution in [0.2, 0.25) is 0 Å². The van der Waals surface area contributed by atoms with Crippen LogP contribution in [0.3, 0.4) is 0 Å². The van der Waals surface area contributed by atoms with Crippen LogP contribution < -0.4 is 5.32 Å². The normalized spacial score (nSPS) is 22.3. The summed E-state index contributed by atoms with van der Waals surface area (Å²) in [6.45, 7) is 0. The van der Waals surface area contributed by atoms with Gasteiger partial charge in [0.1, 0.15) is 0 Å². The maximum atomic E-state index is 11.5. The molecule has 3 rings (SSSR count). The van der Waals surface area contributed by atoms with Crippen LogP contribution in [-0.4, -0.2) is 6.09 Å². The van der Waals surface area contributed by atoms with E-state index in [0.29, 0.717) is 0 Å². The fourth-order valence-electron chi connectivity index (χ4n) is 2.24. The molecule has 1 amide bonds. The van der Waals surface area contributed by atoms with Gasteiger partial charge in [0.25, 0.3) is 0 Å². The highest BCUT2D eigenvalue weighted by atomic mass is 16.6. The van der Waals surface area contributed by atoms with Crippen LogP contribution in [0.15, 0.2) is 60.7 Å². The highest BCUT2D eigenvalue weighted by molar-refractivity contribution is 5.71. The third-order valence-electron chi connectivity index (χ3n) is 3.10. The van der Waals surface area contributed by atoms with Crippen molar-refractivity contribution >= 4 is 6.09 Å². The topological polar surface area (TPSA) is 38.3 Å². The van der Waals surface area contributed by atoms with Crippen LogP contribution in [0, 0.1) is 0 Å². The second-order valence-corrected chi connectivity index (χ2v) is 4.27. The molecule has 0 saturated carbocycles. The molecule has 1 aliphatic heterocycles. The smallest absolute Gasteiger partial charge is 0.408 e. The van der Waals surface area contributed by atoms with Crippen LogP contribution in [0.25, 0.3) is 0 Å². The first-order valence-electron chi connectivity index (χ1n) is 5.91. The van der Waals surface area contributed by atoms with Gasteiger partial charge >= 0.3 is 6.09 Å². The molecule has 0 radical (unpaired) electrons. The predicted octanol–water partition coefficient (Wildman–Crippen LogP) is 3.21. The molecule has 1 aliphatic rings. The van der Waals surface area contributed by atoms with E-state index in [9.17, 15) is 4.79 Å². The third-order valence-corrected chi connectivity index (χ3v) is 3.10. The minimum atomic E-state index is -0.363. The van der Waals surface area contributed by atoms with Gasteiger partial charge in [-0.1, -0.05) is 60.7 Å². The SMILES string of the molecule is O=C1N[C@@H](c2ccccc2)[C@H](c2ccccc2)O1. The van der Waals surface area contributed by atoms with E-state index in [1.807, 2.05) is 60.7 Å². The van der Waals surface area contributed by atoms with Crippen molar-refractivity contribution in [3.63, 3.8) is 0 Å². The number of cyclic esters (lactones) is 1. The van der Waals surface area contributed by atoms with Gasteiger partial charge in [-0.2, -0.15) is 0 Å². The summed E-state index contributed by atoms with van der Waals surface area (Å²) in [5.41, 5.74) is 2.06. The molecule has 2 aromatic carbocycles. The fourth-order valence-corrected chi connectivity index (χ4v) is 2.24. The minimum absolute atomic E-state index is 0.124. The van der Waals surface area contributed by atoms with Crippen LogP contribution in [0.1, 0.15) is 23.3 Å². The van der Waals surface area contributed by atoms with E-state index in [0.717, 1.165) is 11.1 Å². The Morgan fingerprint density at radius 1 is 0.833 bits per heavy atom. The highest BCUT2D eigenvalue weighted by Crippen LogP contribution is 2.36. The molecule has 2 aromatic rings. The van der Waals surface area contributed by atoms with E-state index in [1.165, 1.54) is 0 Å². The van der Waals surface area contributed by atoms with Gasteiger partial charge in [0.05, 0.1) is 6.04 Å². The molecule has 0 spiro atoms. The van der Waals surface area contributed by atoms with Gasteiger partial charge in [0.2, 0.25) is 0 Å². The minimum Gasteiger partial charge on any atom is -0.439 e. The van der Waals surface area contributed by atoms with E-state index in [4.69, 9.17) is 4.74 Å².